The van der Waals surface area contributed by atoms with Gasteiger partial charge in [-0.05, 0) is 51.6 Å². The maximum atomic E-state index is 5.73. The van der Waals surface area contributed by atoms with E-state index >= 15 is 0 Å². The second-order valence-electron chi connectivity index (χ2n) is 5.55. The van der Waals surface area contributed by atoms with Crippen LogP contribution in [0.5, 0.6) is 0 Å². The molecule has 2 rings (SSSR count). The van der Waals surface area contributed by atoms with E-state index in [-0.39, 0.29) is 0 Å². The minimum absolute atomic E-state index is 0.398. The van der Waals surface area contributed by atoms with Gasteiger partial charge in [0.1, 0.15) is 0 Å². The summed E-state index contributed by atoms with van der Waals surface area (Å²) < 4.78 is 7.74. The zero-order valence-corrected chi connectivity index (χ0v) is 12.5. The summed E-state index contributed by atoms with van der Waals surface area (Å²) in [6.07, 6.45) is 6.36. The smallest absolute Gasteiger partial charge is 0.0597 e. The molecule has 108 valence electrons. The highest BCUT2D eigenvalue weighted by molar-refractivity contribution is 5.13. The van der Waals surface area contributed by atoms with Crippen molar-refractivity contribution in [3.8, 4) is 0 Å². The molecule has 4 nitrogen and oxygen atoms in total. The van der Waals surface area contributed by atoms with Crippen molar-refractivity contribution in [2.24, 2.45) is 7.05 Å². The molecule has 19 heavy (non-hydrogen) atoms. The van der Waals surface area contributed by atoms with E-state index in [1.807, 2.05) is 11.7 Å². The van der Waals surface area contributed by atoms with Crippen LogP contribution in [0.4, 0.5) is 0 Å². The minimum Gasteiger partial charge on any atom is -0.378 e. The molecule has 1 aromatic rings. The van der Waals surface area contributed by atoms with E-state index in [2.05, 4.69) is 30.3 Å². The van der Waals surface area contributed by atoms with E-state index in [9.17, 15) is 0 Å². The first kappa shape index (κ1) is 14.5. The number of ether oxygens (including phenoxy) is 1. The fraction of sp³-hybridized carbons (Fsp3) is 0.800. The lowest BCUT2D eigenvalue weighted by atomic mass is 10.0. The van der Waals surface area contributed by atoms with Gasteiger partial charge < -0.3 is 10.1 Å². The van der Waals surface area contributed by atoms with E-state index in [0.29, 0.717) is 12.1 Å². The molecular formula is C15H27N3O. The van der Waals surface area contributed by atoms with Crippen molar-refractivity contribution in [2.45, 2.75) is 58.1 Å². The van der Waals surface area contributed by atoms with Crippen LogP contribution in [0.1, 0.15) is 56.5 Å². The van der Waals surface area contributed by atoms with Gasteiger partial charge in [-0.25, -0.2) is 0 Å². The van der Waals surface area contributed by atoms with Crippen molar-refractivity contribution >= 4 is 0 Å². The molecule has 1 saturated heterocycles. The third-order valence-corrected chi connectivity index (χ3v) is 3.84. The van der Waals surface area contributed by atoms with Gasteiger partial charge in [0.2, 0.25) is 0 Å². The largest absolute Gasteiger partial charge is 0.378 e. The van der Waals surface area contributed by atoms with Crippen LogP contribution in [0, 0.1) is 6.92 Å². The van der Waals surface area contributed by atoms with Crippen molar-refractivity contribution in [3.63, 3.8) is 0 Å². The normalized spacial score (nSPS) is 20.9. The maximum absolute atomic E-state index is 5.73. The van der Waals surface area contributed by atoms with E-state index in [1.54, 1.807) is 0 Å². The molecule has 2 unspecified atom stereocenters. The summed E-state index contributed by atoms with van der Waals surface area (Å²) in [6.45, 7) is 6.27. The molecule has 2 heterocycles. The second kappa shape index (κ2) is 7.06. The Kier molecular flexibility index (Phi) is 5.40. The Morgan fingerprint density at radius 1 is 1.58 bits per heavy atom. The highest BCUT2D eigenvalue weighted by Crippen LogP contribution is 2.24. The summed E-state index contributed by atoms with van der Waals surface area (Å²) >= 11 is 0. The van der Waals surface area contributed by atoms with Gasteiger partial charge in [-0.15, -0.1) is 0 Å². The van der Waals surface area contributed by atoms with Crippen molar-refractivity contribution in [2.75, 3.05) is 13.2 Å². The number of nitrogens with one attached hydrogen (secondary N) is 1. The maximum Gasteiger partial charge on any atom is 0.0597 e. The molecule has 0 aromatic carbocycles. The van der Waals surface area contributed by atoms with Crippen LogP contribution in [-0.2, 0) is 11.8 Å². The van der Waals surface area contributed by atoms with E-state index < -0.39 is 0 Å². The molecule has 0 amide bonds. The molecule has 0 saturated carbocycles. The van der Waals surface area contributed by atoms with E-state index in [0.717, 1.165) is 38.1 Å². The SMILES string of the molecule is CCCNC(CCC1CCCO1)c1cc(C)nn1C. The predicted molar refractivity (Wildman–Crippen MR) is 77.2 cm³/mol. The Hall–Kier alpha value is -0.870. The topological polar surface area (TPSA) is 39.1 Å². The third-order valence-electron chi connectivity index (χ3n) is 3.84. The van der Waals surface area contributed by atoms with E-state index in [4.69, 9.17) is 4.74 Å². The summed E-state index contributed by atoms with van der Waals surface area (Å²) in [5, 5.41) is 8.11. The third kappa shape index (κ3) is 4.05. The zero-order chi connectivity index (χ0) is 13.7. The monoisotopic (exact) mass is 265 g/mol. The van der Waals surface area contributed by atoms with Gasteiger partial charge in [-0.2, -0.15) is 5.10 Å². The Morgan fingerprint density at radius 2 is 2.42 bits per heavy atom. The summed E-state index contributed by atoms with van der Waals surface area (Å²) in [4.78, 5) is 0. The zero-order valence-electron chi connectivity index (χ0n) is 12.5. The molecular weight excluding hydrogens is 238 g/mol. The Labute approximate surface area is 116 Å². The standard InChI is InChI=1S/C15H27N3O/c1-4-9-16-14(8-7-13-6-5-10-19-13)15-11-12(2)17-18(15)3/h11,13-14,16H,4-10H2,1-3H3. The number of hydrogen-bond donors (Lipinski definition) is 1. The Bertz CT molecular complexity index is 383. The van der Waals surface area contributed by atoms with Gasteiger partial charge in [0, 0.05) is 19.7 Å². The fourth-order valence-corrected chi connectivity index (χ4v) is 2.85. The summed E-state index contributed by atoms with van der Waals surface area (Å²) in [6, 6.07) is 2.60. The molecule has 1 aromatic heterocycles. The molecule has 0 aliphatic carbocycles. The van der Waals surface area contributed by atoms with Crippen LogP contribution >= 0.6 is 0 Å². The average molecular weight is 265 g/mol. The molecule has 1 fully saturated rings. The van der Waals surface area contributed by atoms with Crippen LogP contribution in [0.15, 0.2) is 6.07 Å². The number of aromatic nitrogens is 2. The van der Waals surface area contributed by atoms with Crippen LogP contribution in [-0.4, -0.2) is 29.0 Å². The summed E-state index contributed by atoms with van der Waals surface area (Å²) in [5.41, 5.74) is 2.39. The first-order chi connectivity index (χ1) is 9.20. The van der Waals surface area contributed by atoms with Crippen molar-refractivity contribution < 1.29 is 4.74 Å². The highest BCUT2D eigenvalue weighted by atomic mass is 16.5. The van der Waals surface area contributed by atoms with Crippen LogP contribution in [0.3, 0.4) is 0 Å². The lowest BCUT2D eigenvalue weighted by Gasteiger charge is -2.20. The fourth-order valence-electron chi connectivity index (χ4n) is 2.85. The minimum atomic E-state index is 0.398. The molecule has 0 spiro atoms. The molecule has 2 atom stereocenters. The van der Waals surface area contributed by atoms with E-state index in [1.165, 1.54) is 18.5 Å². The summed E-state index contributed by atoms with van der Waals surface area (Å²) in [5.74, 6) is 0. The van der Waals surface area contributed by atoms with Crippen molar-refractivity contribution in [1.29, 1.82) is 0 Å². The Morgan fingerprint density at radius 3 is 3.00 bits per heavy atom. The van der Waals surface area contributed by atoms with Gasteiger partial charge in [0.25, 0.3) is 0 Å². The number of hydrogen-bond acceptors (Lipinski definition) is 3. The first-order valence-corrected chi connectivity index (χ1v) is 7.56. The van der Waals surface area contributed by atoms with Crippen LogP contribution in [0.2, 0.25) is 0 Å². The molecule has 1 aliphatic rings. The van der Waals surface area contributed by atoms with Crippen molar-refractivity contribution in [3.05, 3.63) is 17.5 Å². The van der Waals surface area contributed by atoms with Crippen molar-refractivity contribution in [1.82, 2.24) is 15.1 Å². The Balaban J connectivity index is 1.96. The van der Waals surface area contributed by atoms with Gasteiger partial charge >= 0.3 is 0 Å². The van der Waals surface area contributed by atoms with Crippen LogP contribution < -0.4 is 5.32 Å². The van der Waals surface area contributed by atoms with Gasteiger partial charge in [-0.1, -0.05) is 6.92 Å². The molecule has 1 aliphatic heterocycles. The average Bonchev–Trinajstić information content (AvgIpc) is 3.00. The predicted octanol–water partition coefficient (Wildman–Crippen LogP) is 2.73. The lowest BCUT2D eigenvalue weighted by molar-refractivity contribution is 0.0993. The number of nitrogens with zero attached hydrogens (tertiary/aromatic N) is 2. The highest BCUT2D eigenvalue weighted by Gasteiger charge is 2.20. The molecule has 4 heteroatoms. The van der Waals surface area contributed by atoms with Gasteiger partial charge in [0.15, 0.2) is 0 Å². The summed E-state index contributed by atoms with van der Waals surface area (Å²) in [7, 11) is 2.04. The lowest BCUT2D eigenvalue weighted by Crippen LogP contribution is -2.25. The quantitative estimate of drug-likeness (QED) is 0.824. The first-order valence-electron chi connectivity index (χ1n) is 7.56. The second-order valence-corrected chi connectivity index (χ2v) is 5.55. The number of aryl methyl sites for hydroxylation is 2. The van der Waals surface area contributed by atoms with Gasteiger partial charge in [-0.3, -0.25) is 4.68 Å². The van der Waals surface area contributed by atoms with Gasteiger partial charge in [0.05, 0.1) is 17.5 Å². The molecule has 0 radical (unpaired) electrons. The van der Waals surface area contributed by atoms with Crippen LogP contribution in [0.25, 0.3) is 0 Å². The molecule has 0 bridgehead atoms. The molecule has 1 N–H and O–H groups in total. The number of rotatable bonds is 7.